The van der Waals surface area contributed by atoms with Gasteiger partial charge < -0.3 is 10.6 Å². The lowest BCUT2D eigenvalue weighted by atomic mass is 10.1. The zero-order valence-electron chi connectivity index (χ0n) is 15.3. The number of halogens is 1. The fourth-order valence-corrected chi connectivity index (χ4v) is 2.48. The van der Waals surface area contributed by atoms with Crippen LogP contribution in [0.2, 0.25) is 0 Å². The standard InChI is InChI=1S/C21H23FN4/c1-21(2,3)26-20-24-18(16-7-5-4-6-8-16)13-19(25-20)23-14-15-9-11-17(22)12-10-15/h4-13H,14H2,1-3H3,(H2,23,24,25,26). The van der Waals surface area contributed by atoms with Crippen LogP contribution in [0.15, 0.2) is 60.7 Å². The van der Waals surface area contributed by atoms with Crippen molar-refractivity contribution in [1.82, 2.24) is 9.97 Å². The average molecular weight is 350 g/mol. The highest BCUT2D eigenvalue weighted by Gasteiger charge is 2.13. The zero-order chi connectivity index (χ0) is 18.6. The normalized spacial score (nSPS) is 11.2. The number of hydrogen-bond acceptors (Lipinski definition) is 4. The van der Waals surface area contributed by atoms with Gasteiger partial charge in [-0.15, -0.1) is 0 Å². The second-order valence-corrected chi connectivity index (χ2v) is 7.18. The highest BCUT2D eigenvalue weighted by molar-refractivity contribution is 5.64. The van der Waals surface area contributed by atoms with Crippen LogP contribution in [0.3, 0.4) is 0 Å². The molecule has 1 aromatic heterocycles. The summed E-state index contributed by atoms with van der Waals surface area (Å²) in [5.41, 5.74) is 2.70. The Hall–Kier alpha value is -2.95. The Kier molecular flexibility index (Phi) is 5.16. The predicted octanol–water partition coefficient (Wildman–Crippen LogP) is 5.11. The SMILES string of the molecule is CC(C)(C)Nc1nc(NCc2ccc(F)cc2)cc(-c2ccccc2)n1. The fourth-order valence-electron chi connectivity index (χ4n) is 2.48. The predicted molar refractivity (Wildman–Crippen MR) is 105 cm³/mol. The van der Waals surface area contributed by atoms with Crippen LogP contribution in [0, 0.1) is 5.82 Å². The first-order valence-corrected chi connectivity index (χ1v) is 8.60. The Morgan fingerprint density at radius 2 is 1.62 bits per heavy atom. The lowest BCUT2D eigenvalue weighted by molar-refractivity contribution is 0.626. The van der Waals surface area contributed by atoms with Crippen molar-refractivity contribution in [1.29, 1.82) is 0 Å². The molecule has 0 spiro atoms. The fraction of sp³-hybridized carbons (Fsp3) is 0.238. The summed E-state index contributed by atoms with van der Waals surface area (Å²) in [4.78, 5) is 9.21. The molecule has 0 aliphatic heterocycles. The van der Waals surface area contributed by atoms with E-state index < -0.39 is 0 Å². The van der Waals surface area contributed by atoms with Crippen LogP contribution in [-0.2, 0) is 6.54 Å². The molecule has 5 heteroatoms. The van der Waals surface area contributed by atoms with E-state index in [2.05, 4.69) is 41.4 Å². The summed E-state index contributed by atoms with van der Waals surface area (Å²) in [5, 5.41) is 6.63. The van der Waals surface area contributed by atoms with E-state index in [0.717, 1.165) is 22.6 Å². The molecule has 2 N–H and O–H groups in total. The first-order chi connectivity index (χ1) is 12.4. The summed E-state index contributed by atoms with van der Waals surface area (Å²) >= 11 is 0. The van der Waals surface area contributed by atoms with E-state index >= 15 is 0 Å². The molecule has 0 unspecified atom stereocenters. The molecule has 2 aromatic carbocycles. The summed E-state index contributed by atoms with van der Waals surface area (Å²) in [7, 11) is 0. The Morgan fingerprint density at radius 1 is 0.923 bits per heavy atom. The van der Waals surface area contributed by atoms with Crippen molar-refractivity contribution in [3.8, 4) is 11.3 Å². The van der Waals surface area contributed by atoms with Gasteiger partial charge in [-0.2, -0.15) is 4.98 Å². The summed E-state index contributed by atoms with van der Waals surface area (Å²) in [5.74, 6) is 1.05. The smallest absolute Gasteiger partial charge is 0.225 e. The van der Waals surface area contributed by atoms with Crippen molar-refractivity contribution in [2.24, 2.45) is 0 Å². The second-order valence-electron chi connectivity index (χ2n) is 7.18. The van der Waals surface area contributed by atoms with Crippen molar-refractivity contribution in [2.45, 2.75) is 32.9 Å². The molecule has 0 atom stereocenters. The number of anilines is 2. The maximum absolute atomic E-state index is 13.1. The number of benzene rings is 2. The molecule has 1 heterocycles. The lowest BCUT2D eigenvalue weighted by Crippen LogP contribution is -2.27. The van der Waals surface area contributed by atoms with Gasteiger partial charge >= 0.3 is 0 Å². The average Bonchev–Trinajstić information content (AvgIpc) is 2.60. The molecule has 0 saturated carbocycles. The minimum Gasteiger partial charge on any atom is -0.366 e. The summed E-state index contributed by atoms with van der Waals surface area (Å²) in [6.07, 6.45) is 0. The molecule has 0 aliphatic carbocycles. The van der Waals surface area contributed by atoms with Crippen molar-refractivity contribution in [2.75, 3.05) is 10.6 Å². The van der Waals surface area contributed by atoms with Gasteiger partial charge in [-0.25, -0.2) is 9.37 Å². The maximum Gasteiger partial charge on any atom is 0.225 e. The van der Waals surface area contributed by atoms with Crippen LogP contribution in [0.5, 0.6) is 0 Å². The highest BCUT2D eigenvalue weighted by Crippen LogP contribution is 2.23. The van der Waals surface area contributed by atoms with Crippen LogP contribution in [0.25, 0.3) is 11.3 Å². The van der Waals surface area contributed by atoms with E-state index in [1.807, 2.05) is 36.4 Å². The van der Waals surface area contributed by atoms with E-state index in [1.54, 1.807) is 12.1 Å². The molecule has 0 amide bonds. The van der Waals surface area contributed by atoms with Gasteiger partial charge in [0.2, 0.25) is 5.95 Å². The Balaban J connectivity index is 1.87. The van der Waals surface area contributed by atoms with Crippen molar-refractivity contribution in [3.05, 3.63) is 72.0 Å². The Morgan fingerprint density at radius 3 is 2.27 bits per heavy atom. The molecular formula is C21H23FN4. The van der Waals surface area contributed by atoms with Crippen LogP contribution in [0.1, 0.15) is 26.3 Å². The molecule has 0 bridgehead atoms. The first-order valence-electron chi connectivity index (χ1n) is 8.60. The number of hydrogen-bond donors (Lipinski definition) is 2. The molecular weight excluding hydrogens is 327 g/mol. The van der Waals surface area contributed by atoms with Crippen LogP contribution in [0.4, 0.5) is 16.2 Å². The van der Waals surface area contributed by atoms with Gasteiger partial charge in [0.05, 0.1) is 5.69 Å². The van der Waals surface area contributed by atoms with Crippen LogP contribution >= 0.6 is 0 Å². The molecule has 0 radical (unpaired) electrons. The van der Waals surface area contributed by atoms with E-state index in [1.165, 1.54) is 12.1 Å². The molecule has 26 heavy (non-hydrogen) atoms. The van der Waals surface area contributed by atoms with Crippen molar-refractivity contribution in [3.63, 3.8) is 0 Å². The molecule has 134 valence electrons. The number of nitrogens with one attached hydrogen (secondary N) is 2. The third-order valence-corrected chi connectivity index (χ3v) is 3.67. The van der Waals surface area contributed by atoms with Gasteiger partial charge in [-0.05, 0) is 38.5 Å². The molecule has 0 saturated heterocycles. The molecule has 3 rings (SSSR count). The first kappa shape index (κ1) is 17.9. The monoisotopic (exact) mass is 350 g/mol. The minimum atomic E-state index is -0.237. The van der Waals surface area contributed by atoms with Crippen LogP contribution in [-0.4, -0.2) is 15.5 Å². The molecule has 3 aromatic rings. The van der Waals surface area contributed by atoms with Gasteiger partial charge in [0, 0.05) is 23.7 Å². The van der Waals surface area contributed by atoms with Crippen LogP contribution < -0.4 is 10.6 Å². The van der Waals surface area contributed by atoms with Gasteiger partial charge in [0.1, 0.15) is 11.6 Å². The van der Waals surface area contributed by atoms with Gasteiger partial charge in [0.15, 0.2) is 0 Å². The Bertz CT molecular complexity index is 855. The number of aromatic nitrogens is 2. The summed E-state index contributed by atoms with van der Waals surface area (Å²) < 4.78 is 13.1. The third-order valence-electron chi connectivity index (χ3n) is 3.67. The van der Waals surface area contributed by atoms with E-state index in [4.69, 9.17) is 0 Å². The van der Waals surface area contributed by atoms with E-state index in [-0.39, 0.29) is 11.4 Å². The number of rotatable bonds is 5. The molecule has 4 nitrogen and oxygen atoms in total. The molecule has 0 fully saturated rings. The third kappa shape index (κ3) is 5.02. The zero-order valence-corrected chi connectivity index (χ0v) is 15.3. The lowest BCUT2D eigenvalue weighted by Gasteiger charge is -2.21. The van der Waals surface area contributed by atoms with Gasteiger partial charge in [-0.3, -0.25) is 0 Å². The van der Waals surface area contributed by atoms with Gasteiger partial charge in [0.25, 0.3) is 0 Å². The second kappa shape index (κ2) is 7.52. The van der Waals surface area contributed by atoms with Crippen molar-refractivity contribution >= 4 is 11.8 Å². The summed E-state index contributed by atoms with van der Waals surface area (Å²) in [6.45, 7) is 6.76. The largest absolute Gasteiger partial charge is 0.366 e. The van der Waals surface area contributed by atoms with E-state index in [9.17, 15) is 4.39 Å². The molecule has 0 aliphatic rings. The highest BCUT2D eigenvalue weighted by atomic mass is 19.1. The quantitative estimate of drug-likeness (QED) is 0.672. The minimum absolute atomic E-state index is 0.149. The number of nitrogens with zero attached hydrogens (tertiary/aromatic N) is 2. The van der Waals surface area contributed by atoms with Crippen molar-refractivity contribution < 1.29 is 4.39 Å². The topological polar surface area (TPSA) is 49.8 Å². The Labute approximate surface area is 153 Å². The van der Waals surface area contributed by atoms with E-state index in [0.29, 0.717) is 12.5 Å². The summed E-state index contributed by atoms with van der Waals surface area (Å²) in [6, 6.07) is 18.4. The maximum atomic E-state index is 13.1. The van der Waals surface area contributed by atoms with Gasteiger partial charge in [-0.1, -0.05) is 42.5 Å².